The molecule has 0 bridgehead atoms. The number of halogens is 6. The Kier molecular flexibility index (Phi) is 28.1. The lowest BCUT2D eigenvalue weighted by Crippen LogP contribution is -2.45. The van der Waals surface area contributed by atoms with E-state index in [1.54, 1.807) is 117 Å². The highest BCUT2D eigenvalue weighted by atomic mass is 35.5. The van der Waals surface area contributed by atoms with Crippen molar-refractivity contribution in [1.82, 2.24) is 39.5 Å². The standard InChI is InChI=1S/C27H23ClN2O5.C27H23ClN2O4.C26H20Cl2N2O4.C26H20ClFN2O4/c1-33-18-6-3-16(4-7-18)25-24-21(22-15-17(28)5-12-23(22)29-24)13-14-30(25)26(31)27(32)35-20-10-8-19(34-2)9-11-20;1-16-3-8-20(9-4-16)34-27(32)26(31)30-14-13-21-22-15-18(28)7-12-23(22)29-24(21)25(30)17-5-10-19(33-2)11-6-17;1-33-18-7-2-15(3-8-18)24-23-20(21-14-17(28)6-11-22(21)29-23)12-13-30(24)25(31)26(32)34-19-9-4-16(27)5-10-19;1-33-18-7-2-15(3-8-18)24-23-20(21-14-16(27)4-11-22(21)29-23)12-13-30(24)25(31)26(32)34-19-9-5-17(28)6-10-19/h3-12,15,25,29H,13-14H2,1-2H3;3-12,15,25,29H,13-14H2,1-2H3;2*2-11,14,24,29H,12-13H2,1H3. The Hall–Kier alpha value is -15.1. The second kappa shape index (κ2) is 41.0. The van der Waals surface area contributed by atoms with Gasteiger partial charge < -0.3 is 82.2 Å². The fourth-order valence-electron chi connectivity index (χ4n) is 17.8. The topological polar surface area (TPSA) is 296 Å². The number of methoxy groups -OCH3 is 5. The highest BCUT2D eigenvalue weighted by Gasteiger charge is 2.43. The number of nitrogens with zero attached hydrogens (tertiary/aromatic N) is 4. The van der Waals surface area contributed by atoms with Gasteiger partial charge >= 0.3 is 47.5 Å². The summed E-state index contributed by atoms with van der Waals surface area (Å²) in [5.41, 5.74) is 15.7. The maximum Gasteiger partial charge on any atom is 0.402 e. The lowest BCUT2D eigenvalue weighted by Gasteiger charge is -2.35. The van der Waals surface area contributed by atoms with E-state index in [0.717, 1.165) is 129 Å². The van der Waals surface area contributed by atoms with E-state index in [9.17, 15) is 42.7 Å². The van der Waals surface area contributed by atoms with Gasteiger partial charge in [0.2, 0.25) is 0 Å². The van der Waals surface area contributed by atoms with Crippen molar-refractivity contribution in [2.45, 2.75) is 56.8 Å². The predicted octanol–water partition coefficient (Wildman–Crippen LogP) is 20.7. The third kappa shape index (κ3) is 20.2. The summed E-state index contributed by atoms with van der Waals surface area (Å²) in [5, 5.41) is 7.09. The molecular formula is C106H86Cl5FN8O17. The first-order valence-electron chi connectivity index (χ1n) is 43.4. The third-order valence-electron chi connectivity index (χ3n) is 24.4. The van der Waals surface area contributed by atoms with E-state index in [2.05, 4.69) is 19.9 Å². The molecule has 31 heteroatoms. The minimum atomic E-state index is -1.03. The number of rotatable bonds is 13. The monoisotopic (exact) mass is 1940 g/mol. The van der Waals surface area contributed by atoms with Crippen molar-refractivity contribution in [1.29, 1.82) is 0 Å². The van der Waals surface area contributed by atoms with Gasteiger partial charge in [-0.3, -0.25) is 19.2 Å². The van der Waals surface area contributed by atoms with Crippen LogP contribution in [-0.2, 0) is 64.0 Å². The molecule has 8 heterocycles. The molecular weight excluding hydrogens is 1850 g/mol. The van der Waals surface area contributed by atoms with Crippen molar-refractivity contribution < 1.29 is 85.4 Å². The summed E-state index contributed by atoms with van der Waals surface area (Å²) in [4.78, 5) is 125. The molecule has 0 saturated heterocycles. The van der Waals surface area contributed by atoms with E-state index in [4.69, 9.17) is 101 Å². The number of aryl methyl sites for hydroxylation is 1. The number of fused-ring (bicyclic) bond motifs is 12. The molecule has 4 aliphatic heterocycles. The SMILES string of the molecule is COc1ccc(C2c3[nH]c4ccc(Cl)cc4c3CCN2C(=O)C(=O)Oc2ccc(C)cc2)cc1.COc1ccc(C2c3[nH]c4ccc(Cl)cc4c3CCN2C(=O)C(=O)Oc2ccc(Cl)cc2)cc1.COc1ccc(C2c3[nH]c4ccc(Cl)cc4c3CCN2C(=O)C(=O)Oc2ccc(F)cc2)cc1.COc1ccc(OC(=O)C(=O)N2CCc3c([nH]c4ccc(Cl)cc34)C2c2ccc(OC)cc2)cc1. The fraction of sp³-hybridized carbons (Fsp3) is 0.170. The number of nitrogens with one attached hydrogen (secondary N) is 4. The summed E-state index contributed by atoms with van der Waals surface area (Å²) in [6.45, 7) is 3.30. The van der Waals surface area contributed by atoms with Crippen LogP contribution < -0.4 is 42.6 Å². The second-order valence-corrected chi connectivity index (χ2v) is 34.7. The van der Waals surface area contributed by atoms with Gasteiger partial charge in [-0.25, -0.2) is 23.6 Å². The van der Waals surface area contributed by atoms with Gasteiger partial charge in [0.05, 0.1) is 59.7 Å². The molecule has 4 N–H and O–H groups in total. The summed E-state index contributed by atoms with van der Waals surface area (Å²) in [6.07, 6.45) is 2.27. The zero-order valence-corrected chi connectivity index (χ0v) is 78.1. The van der Waals surface area contributed by atoms with Crippen LogP contribution in [0.4, 0.5) is 4.39 Å². The minimum absolute atomic E-state index is 0.0960. The highest BCUT2D eigenvalue weighted by Crippen LogP contribution is 2.46. The van der Waals surface area contributed by atoms with E-state index in [1.165, 1.54) is 17.0 Å². The van der Waals surface area contributed by atoms with Gasteiger partial charge in [-0.2, -0.15) is 0 Å². The number of H-pyrrole nitrogens is 4. The second-order valence-electron chi connectivity index (χ2n) is 32.5. The molecule has 4 unspecified atom stereocenters. The zero-order valence-electron chi connectivity index (χ0n) is 74.4. The zero-order chi connectivity index (χ0) is 96.0. The molecule has 4 aliphatic rings. The number of ether oxygens (including phenoxy) is 9. The molecule has 20 rings (SSSR count). The summed E-state index contributed by atoms with van der Waals surface area (Å²) >= 11 is 30.9. The number of hydrogen-bond donors (Lipinski definition) is 4. The first kappa shape index (κ1) is 93.7. The van der Waals surface area contributed by atoms with Crippen molar-refractivity contribution >= 4 is 149 Å². The lowest BCUT2D eigenvalue weighted by atomic mass is 9.92. The summed E-state index contributed by atoms with van der Waals surface area (Å²) in [6, 6.07) is 75.0. The van der Waals surface area contributed by atoms with E-state index >= 15 is 0 Å². The molecule has 694 valence electrons. The maximum absolute atomic E-state index is 13.4. The molecule has 4 atom stereocenters. The van der Waals surface area contributed by atoms with Crippen LogP contribution in [0.3, 0.4) is 0 Å². The first-order chi connectivity index (χ1) is 66.3. The van der Waals surface area contributed by atoms with Gasteiger partial charge in [-0.15, -0.1) is 0 Å². The molecule has 16 aromatic rings. The normalized spacial score (nSPS) is 15.1. The summed E-state index contributed by atoms with van der Waals surface area (Å²) < 4.78 is 60.8. The van der Waals surface area contributed by atoms with Gasteiger partial charge in [0.15, 0.2) is 0 Å². The Labute approximate surface area is 809 Å². The van der Waals surface area contributed by atoms with Gasteiger partial charge in [-0.05, 0) is 283 Å². The Morgan fingerprint density at radius 3 is 0.701 bits per heavy atom. The van der Waals surface area contributed by atoms with Gasteiger partial charge in [0.25, 0.3) is 0 Å². The molecule has 25 nitrogen and oxygen atoms in total. The van der Waals surface area contributed by atoms with E-state index in [1.807, 2.05) is 183 Å². The van der Waals surface area contributed by atoms with Crippen LogP contribution >= 0.6 is 58.0 Å². The van der Waals surface area contributed by atoms with Crippen molar-refractivity contribution in [2.24, 2.45) is 0 Å². The molecule has 4 aromatic heterocycles. The number of carbonyl (C=O) groups is 8. The Bertz CT molecular complexity index is 6750. The van der Waals surface area contributed by atoms with Crippen molar-refractivity contribution in [3.05, 3.63) is 371 Å². The van der Waals surface area contributed by atoms with Crippen molar-refractivity contribution in [3.8, 4) is 51.7 Å². The number of hydrogen-bond acceptors (Lipinski definition) is 17. The van der Waals surface area contributed by atoms with Crippen LogP contribution in [0.2, 0.25) is 25.1 Å². The average molecular weight is 1940 g/mol. The van der Waals surface area contributed by atoms with Crippen LogP contribution in [-0.4, -0.2) is 149 Å². The first-order valence-corrected chi connectivity index (χ1v) is 45.3. The Morgan fingerprint density at radius 2 is 0.467 bits per heavy atom. The molecule has 0 radical (unpaired) electrons. The van der Waals surface area contributed by atoms with Crippen LogP contribution in [0.25, 0.3) is 43.6 Å². The molecule has 0 fully saturated rings. The molecule has 4 amide bonds. The molecule has 12 aromatic carbocycles. The van der Waals surface area contributed by atoms with Crippen LogP contribution in [0.5, 0.6) is 51.7 Å². The fourth-order valence-corrected chi connectivity index (χ4v) is 18.6. The van der Waals surface area contributed by atoms with E-state index < -0.39 is 77.5 Å². The van der Waals surface area contributed by atoms with E-state index in [-0.39, 0.29) is 17.2 Å². The number of esters is 4. The number of aromatic nitrogens is 4. The molecule has 137 heavy (non-hydrogen) atoms. The summed E-state index contributed by atoms with van der Waals surface area (Å²) in [7, 11) is 7.92. The molecule has 0 saturated carbocycles. The van der Waals surface area contributed by atoms with Crippen LogP contribution in [0.1, 0.15) is 97.0 Å². The summed E-state index contributed by atoms with van der Waals surface area (Å²) in [5.74, 6) is -2.88. The average Bonchev–Trinajstić information content (AvgIpc) is 1.63. The maximum atomic E-state index is 13.4. The third-order valence-corrected chi connectivity index (χ3v) is 25.6. The smallest absolute Gasteiger partial charge is 0.402 e. The number of amides is 4. The quantitative estimate of drug-likeness (QED) is 0.0474. The highest BCUT2D eigenvalue weighted by molar-refractivity contribution is 6.36. The minimum Gasteiger partial charge on any atom is -0.497 e. The van der Waals surface area contributed by atoms with Crippen molar-refractivity contribution in [3.63, 3.8) is 0 Å². The lowest BCUT2D eigenvalue weighted by molar-refractivity contribution is -0.155. The van der Waals surface area contributed by atoms with E-state index in [0.29, 0.717) is 111 Å². The van der Waals surface area contributed by atoms with Crippen molar-refractivity contribution in [2.75, 3.05) is 61.7 Å². The van der Waals surface area contributed by atoms with Gasteiger partial charge in [0.1, 0.15) is 57.6 Å². The number of carbonyl (C=O) groups excluding carboxylic acids is 8. The Morgan fingerprint density at radius 1 is 0.270 bits per heavy atom. The van der Waals surface area contributed by atoms with Gasteiger partial charge in [0, 0.05) is 118 Å². The number of benzene rings is 12. The largest absolute Gasteiger partial charge is 0.497 e. The predicted molar refractivity (Wildman–Crippen MR) is 519 cm³/mol. The number of aromatic amines is 4. The van der Waals surface area contributed by atoms with Gasteiger partial charge in [-0.1, -0.05) is 124 Å². The van der Waals surface area contributed by atoms with Crippen LogP contribution in [0, 0.1) is 12.7 Å². The molecule has 0 spiro atoms. The molecule has 0 aliphatic carbocycles. The van der Waals surface area contributed by atoms with Crippen LogP contribution in [0.15, 0.2) is 267 Å². The Balaban J connectivity index is 0.000000127.